The van der Waals surface area contributed by atoms with Crippen molar-refractivity contribution in [2.45, 2.75) is 19.4 Å². The lowest BCUT2D eigenvalue weighted by Gasteiger charge is -2.09. The lowest BCUT2D eigenvalue weighted by molar-refractivity contribution is -0.128. The molecule has 0 atom stereocenters. The van der Waals surface area contributed by atoms with E-state index in [1.807, 2.05) is 0 Å². The number of hydrogen-bond donors (Lipinski definition) is 2. The molecule has 90 valence electrons. The quantitative estimate of drug-likeness (QED) is 0.711. The van der Waals surface area contributed by atoms with E-state index in [9.17, 15) is 9.59 Å². The zero-order valence-electron chi connectivity index (χ0n) is 9.58. The summed E-state index contributed by atoms with van der Waals surface area (Å²) in [7, 11) is 3.51. The average Bonchev–Trinajstić information content (AvgIpc) is 2.63. The highest BCUT2D eigenvalue weighted by molar-refractivity contribution is 7.07. The number of carbonyl (C=O) groups is 1. The molecule has 6 heteroatoms. The van der Waals surface area contributed by atoms with E-state index in [1.165, 1.54) is 11.3 Å². The summed E-state index contributed by atoms with van der Waals surface area (Å²) in [5, 5.41) is 4.98. The SMILES string of the molecule is CN(C)C(=O)CCCNCc1csc(=O)[nH]1. The van der Waals surface area contributed by atoms with Crippen molar-refractivity contribution in [2.24, 2.45) is 0 Å². The number of nitrogens with zero attached hydrogens (tertiary/aromatic N) is 1. The molecule has 1 amide bonds. The summed E-state index contributed by atoms with van der Waals surface area (Å²) in [6, 6.07) is 0. The second kappa shape index (κ2) is 6.44. The highest BCUT2D eigenvalue weighted by Gasteiger charge is 2.02. The molecule has 0 aromatic carbocycles. The van der Waals surface area contributed by atoms with Gasteiger partial charge in [-0.05, 0) is 13.0 Å². The molecule has 1 rings (SSSR count). The number of rotatable bonds is 6. The number of nitrogens with one attached hydrogen (secondary N) is 2. The first-order valence-electron chi connectivity index (χ1n) is 5.17. The van der Waals surface area contributed by atoms with Gasteiger partial charge in [0.15, 0.2) is 0 Å². The smallest absolute Gasteiger partial charge is 0.304 e. The minimum Gasteiger partial charge on any atom is -0.349 e. The first kappa shape index (κ1) is 12.9. The molecule has 16 heavy (non-hydrogen) atoms. The molecular formula is C10H17N3O2S. The fraction of sp³-hybridized carbons (Fsp3) is 0.600. The van der Waals surface area contributed by atoms with E-state index >= 15 is 0 Å². The van der Waals surface area contributed by atoms with Crippen molar-refractivity contribution in [3.05, 3.63) is 20.7 Å². The molecule has 0 saturated heterocycles. The van der Waals surface area contributed by atoms with Gasteiger partial charge in [-0.15, -0.1) is 0 Å². The molecule has 0 aliphatic carbocycles. The van der Waals surface area contributed by atoms with E-state index in [0.717, 1.165) is 18.7 Å². The Morgan fingerprint density at radius 3 is 2.88 bits per heavy atom. The van der Waals surface area contributed by atoms with Gasteiger partial charge in [0.05, 0.1) is 0 Å². The summed E-state index contributed by atoms with van der Waals surface area (Å²) in [6.07, 6.45) is 1.37. The summed E-state index contributed by atoms with van der Waals surface area (Å²) >= 11 is 1.17. The predicted octanol–water partition coefficient (Wildman–Crippen LogP) is 0.394. The minimum atomic E-state index is -0.0282. The van der Waals surface area contributed by atoms with Crippen molar-refractivity contribution in [1.29, 1.82) is 0 Å². The van der Waals surface area contributed by atoms with Crippen LogP contribution in [0.25, 0.3) is 0 Å². The number of amides is 1. The molecule has 0 bridgehead atoms. The van der Waals surface area contributed by atoms with E-state index in [2.05, 4.69) is 10.3 Å². The van der Waals surface area contributed by atoms with Gasteiger partial charge in [0, 0.05) is 38.1 Å². The van der Waals surface area contributed by atoms with Crippen molar-refractivity contribution in [2.75, 3.05) is 20.6 Å². The molecule has 0 radical (unpaired) electrons. The second-order valence-electron chi connectivity index (χ2n) is 3.74. The highest BCUT2D eigenvalue weighted by atomic mass is 32.1. The first-order chi connectivity index (χ1) is 7.59. The van der Waals surface area contributed by atoms with Crippen molar-refractivity contribution >= 4 is 17.2 Å². The van der Waals surface area contributed by atoms with Crippen LogP contribution >= 0.6 is 11.3 Å². The van der Waals surface area contributed by atoms with Crippen LogP contribution in [0.15, 0.2) is 10.2 Å². The number of thiazole rings is 1. The Kier molecular flexibility index (Phi) is 5.21. The van der Waals surface area contributed by atoms with Gasteiger partial charge < -0.3 is 15.2 Å². The zero-order chi connectivity index (χ0) is 12.0. The molecule has 0 spiro atoms. The number of aromatic nitrogens is 1. The molecule has 2 N–H and O–H groups in total. The minimum absolute atomic E-state index is 0.0282. The van der Waals surface area contributed by atoms with Crippen LogP contribution in [0.5, 0.6) is 0 Å². The van der Waals surface area contributed by atoms with Crippen LogP contribution in [-0.2, 0) is 11.3 Å². The van der Waals surface area contributed by atoms with Gasteiger partial charge in [-0.25, -0.2) is 0 Å². The molecular weight excluding hydrogens is 226 g/mol. The van der Waals surface area contributed by atoms with Gasteiger partial charge in [-0.2, -0.15) is 0 Å². The van der Waals surface area contributed by atoms with Gasteiger partial charge in [-0.1, -0.05) is 11.3 Å². The van der Waals surface area contributed by atoms with E-state index in [-0.39, 0.29) is 10.8 Å². The van der Waals surface area contributed by atoms with E-state index in [1.54, 1.807) is 24.4 Å². The topological polar surface area (TPSA) is 65.2 Å². The third-order valence-corrected chi connectivity index (χ3v) is 2.85. The second-order valence-corrected chi connectivity index (χ2v) is 4.58. The molecule has 0 aliphatic heterocycles. The fourth-order valence-corrected chi connectivity index (χ4v) is 1.79. The van der Waals surface area contributed by atoms with Crippen molar-refractivity contribution in [1.82, 2.24) is 15.2 Å². The predicted molar refractivity (Wildman–Crippen MR) is 64.6 cm³/mol. The monoisotopic (exact) mass is 243 g/mol. The molecule has 0 aliphatic rings. The van der Waals surface area contributed by atoms with Crippen molar-refractivity contribution < 1.29 is 4.79 Å². The Bertz CT molecular complexity index is 383. The molecule has 5 nitrogen and oxygen atoms in total. The number of hydrogen-bond acceptors (Lipinski definition) is 4. The molecule has 1 heterocycles. The zero-order valence-corrected chi connectivity index (χ0v) is 10.4. The van der Waals surface area contributed by atoms with Crippen LogP contribution in [-0.4, -0.2) is 36.4 Å². The third-order valence-electron chi connectivity index (χ3n) is 2.13. The lowest BCUT2D eigenvalue weighted by Crippen LogP contribution is -2.23. The Morgan fingerprint density at radius 1 is 1.56 bits per heavy atom. The lowest BCUT2D eigenvalue weighted by atomic mass is 10.3. The van der Waals surface area contributed by atoms with Gasteiger partial charge in [0.2, 0.25) is 5.91 Å². The van der Waals surface area contributed by atoms with Crippen LogP contribution in [0.2, 0.25) is 0 Å². The summed E-state index contributed by atoms with van der Waals surface area (Å²) in [5.41, 5.74) is 0.897. The normalized spacial score (nSPS) is 10.4. The summed E-state index contributed by atoms with van der Waals surface area (Å²) in [4.78, 5) is 26.3. The number of carbonyl (C=O) groups excluding carboxylic acids is 1. The Hall–Kier alpha value is -1.14. The maximum absolute atomic E-state index is 11.2. The summed E-state index contributed by atoms with van der Waals surface area (Å²) in [5.74, 6) is 0.144. The largest absolute Gasteiger partial charge is 0.349 e. The molecule has 0 fully saturated rings. The summed E-state index contributed by atoms with van der Waals surface area (Å²) < 4.78 is 0. The van der Waals surface area contributed by atoms with E-state index < -0.39 is 0 Å². The standard InChI is InChI=1S/C10H17N3O2S/c1-13(2)9(14)4-3-5-11-6-8-7-16-10(15)12-8/h7,11H,3-6H2,1-2H3,(H,12,15). The van der Waals surface area contributed by atoms with E-state index in [4.69, 9.17) is 0 Å². The Labute approximate surface area is 98.5 Å². The Morgan fingerprint density at radius 2 is 2.31 bits per heavy atom. The average molecular weight is 243 g/mol. The maximum atomic E-state index is 11.2. The summed E-state index contributed by atoms with van der Waals surface area (Å²) in [6.45, 7) is 1.42. The number of H-pyrrole nitrogens is 1. The van der Waals surface area contributed by atoms with Crippen LogP contribution in [0.1, 0.15) is 18.5 Å². The molecule has 1 aromatic rings. The highest BCUT2D eigenvalue weighted by Crippen LogP contribution is 1.96. The maximum Gasteiger partial charge on any atom is 0.304 e. The van der Waals surface area contributed by atoms with Gasteiger partial charge >= 0.3 is 4.87 Å². The van der Waals surface area contributed by atoms with Crippen molar-refractivity contribution in [3.8, 4) is 0 Å². The van der Waals surface area contributed by atoms with Crippen LogP contribution in [0.4, 0.5) is 0 Å². The molecule has 0 unspecified atom stereocenters. The van der Waals surface area contributed by atoms with Gasteiger partial charge in [0.1, 0.15) is 0 Å². The van der Waals surface area contributed by atoms with Crippen LogP contribution in [0, 0.1) is 0 Å². The molecule has 0 saturated carbocycles. The van der Waals surface area contributed by atoms with Crippen LogP contribution < -0.4 is 10.2 Å². The van der Waals surface area contributed by atoms with Gasteiger partial charge in [0.25, 0.3) is 0 Å². The third kappa shape index (κ3) is 4.59. The fourth-order valence-electron chi connectivity index (χ4n) is 1.21. The molecule has 1 aromatic heterocycles. The first-order valence-corrected chi connectivity index (χ1v) is 6.05. The number of aromatic amines is 1. The van der Waals surface area contributed by atoms with Gasteiger partial charge in [-0.3, -0.25) is 9.59 Å². The van der Waals surface area contributed by atoms with Crippen LogP contribution in [0.3, 0.4) is 0 Å². The Balaban J connectivity index is 2.08. The van der Waals surface area contributed by atoms with Crippen molar-refractivity contribution in [3.63, 3.8) is 0 Å². The van der Waals surface area contributed by atoms with E-state index in [0.29, 0.717) is 13.0 Å².